The van der Waals surface area contributed by atoms with Gasteiger partial charge in [-0.3, -0.25) is 0 Å². The average Bonchev–Trinajstić information content (AvgIpc) is 2.39. The monoisotopic (exact) mass is 348 g/mol. The zero-order valence-corrected chi connectivity index (χ0v) is 12.1. The number of rotatable bonds is 4. The molecule has 2 rings (SSSR count). The first-order valence-corrected chi connectivity index (χ1v) is 6.98. The SMILES string of the molecule is CCCNc1nc(N2CCOCC2)ncc1I. The molecule has 1 N–H and O–H groups in total. The molecule has 0 saturated carbocycles. The van der Waals surface area contributed by atoms with Crippen LogP contribution in [-0.2, 0) is 4.74 Å². The minimum atomic E-state index is 0.757. The Morgan fingerprint density at radius 3 is 2.94 bits per heavy atom. The lowest BCUT2D eigenvalue weighted by atomic mass is 10.4. The third kappa shape index (κ3) is 3.41. The number of nitrogens with one attached hydrogen (secondary N) is 1. The van der Waals surface area contributed by atoms with E-state index in [1.54, 1.807) is 0 Å². The molecule has 0 aliphatic carbocycles. The molecule has 0 atom stereocenters. The zero-order chi connectivity index (χ0) is 12.1. The summed E-state index contributed by atoms with van der Waals surface area (Å²) >= 11 is 2.26. The lowest BCUT2D eigenvalue weighted by molar-refractivity contribution is 0.122. The van der Waals surface area contributed by atoms with Crippen LogP contribution in [-0.4, -0.2) is 42.8 Å². The number of halogens is 1. The molecule has 0 aromatic carbocycles. The summed E-state index contributed by atoms with van der Waals surface area (Å²) in [7, 11) is 0. The van der Waals surface area contributed by atoms with Crippen molar-refractivity contribution in [3.8, 4) is 0 Å². The summed E-state index contributed by atoms with van der Waals surface area (Å²) in [5.74, 6) is 1.73. The Hall–Kier alpha value is -0.630. The minimum absolute atomic E-state index is 0.757. The van der Waals surface area contributed by atoms with Crippen molar-refractivity contribution in [2.24, 2.45) is 0 Å². The van der Waals surface area contributed by atoms with Crippen LogP contribution in [0.2, 0.25) is 0 Å². The molecule has 17 heavy (non-hydrogen) atoms. The Morgan fingerprint density at radius 1 is 1.47 bits per heavy atom. The number of ether oxygens (including phenoxy) is 1. The van der Waals surface area contributed by atoms with Gasteiger partial charge in [0.2, 0.25) is 5.95 Å². The van der Waals surface area contributed by atoms with E-state index in [1.165, 1.54) is 0 Å². The molecule has 1 aromatic heterocycles. The Bertz CT molecular complexity index is 368. The predicted molar refractivity (Wildman–Crippen MR) is 76.6 cm³/mol. The van der Waals surface area contributed by atoms with Crippen molar-refractivity contribution in [2.45, 2.75) is 13.3 Å². The van der Waals surface area contributed by atoms with Gasteiger partial charge in [0.1, 0.15) is 5.82 Å². The topological polar surface area (TPSA) is 50.3 Å². The van der Waals surface area contributed by atoms with Crippen LogP contribution in [0.1, 0.15) is 13.3 Å². The molecule has 1 aliphatic heterocycles. The van der Waals surface area contributed by atoms with E-state index in [9.17, 15) is 0 Å². The van der Waals surface area contributed by atoms with Gasteiger partial charge in [-0.05, 0) is 29.0 Å². The van der Waals surface area contributed by atoms with Crippen LogP contribution in [0.25, 0.3) is 0 Å². The molecule has 0 amide bonds. The van der Waals surface area contributed by atoms with Crippen molar-refractivity contribution in [2.75, 3.05) is 43.1 Å². The number of nitrogens with zero attached hydrogens (tertiary/aromatic N) is 3. The first-order chi connectivity index (χ1) is 8.31. The summed E-state index contributed by atoms with van der Waals surface area (Å²) in [6.07, 6.45) is 2.96. The Morgan fingerprint density at radius 2 is 2.24 bits per heavy atom. The fourth-order valence-electron chi connectivity index (χ4n) is 1.64. The van der Waals surface area contributed by atoms with Crippen LogP contribution < -0.4 is 10.2 Å². The number of hydrogen-bond acceptors (Lipinski definition) is 5. The van der Waals surface area contributed by atoms with Crippen molar-refractivity contribution in [3.05, 3.63) is 9.77 Å². The molecule has 94 valence electrons. The molecule has 0 bridgehead atoms. The van der Waals surface area contributed by atoms with Crippen molar-refractivity contribution in [1.29, 1.82) is 0 Å². The molecule has 0 spiro atoms. The summed E-state index contributed by atoms with van der Waals surface area (Å²) in [5, 5.41) is 3.33. The van der Waals surface area contributed by atoms with Crippen LogP contribution >= 0.6 is 22.6 Å². The lowest BCUT2D eigenvalue weighted by Crippen LogP contribution is -2.37. The van der Waals surface area contributed by atoms with Crippen LogP contribution in [0.15, 0.2) is 6.20 Å². The van der Waals surface area contributed by atoms with Crippen LogP contribution in [0.4, 0.5) is 11.8 Å². The maximum Gasteiger partial charge on any atom is 0.227 e. The van der Waals surface area contributed by atoms with E-state index in [4.69, 9.17) is 4.74 Å². The van der Waals surface area contributed by atoms with Gasteiger partial charge in [-0.1, -0.05) is 6.92 Å². The highest BCUT2D eigenvalue weighted by Crippen LogP contribution is 2.18. The fraction of sp³-hybridized carbons (Fsp3) is 0.636. The summed E-state index contributed by atoms with van der Waals surface area (Å²) in [6.45, 7) is 6.33. The smallest absolute Gasteiger partial charge is 0.227 e. The highest BCUT2D eigenvalue weighted by molar-refractivity contribution is 14.1. The summed E-state index contributed by atoms with van der Waals surface area (Å²) < 4.78 is 6.39. The number of hydrogen-bond donors (Lipinski definition) is 1. The molecule has 5 nitrogen and oxygen atoms in total. The minimum Gasteiger partial charge on any atom is -0.378 e. The second-order valence-corrected chi connectivity index (χ2v) is 5.05. The van der Waals surface area contributed by atoms with Gasteiger partial charge in [0.25, 0.3) is 0 Å². The first kappa shape index (κ1) is 12.8. The van der Waals surface area contributed by atoms with Crippen molar-refractivity contribution >= 4 is 34.4 Å². The average molecular weight is 348 g/mol. The van der Waals surface area contributed by atoms with Crippen molar-refractivity contribution in [3.63, 3.8) is 0 Å². The van der Waals surface area contributed by atoms with Gasteiger partial charge in [0.05, 0.1) is 16.8 Å². The quantitative estimate of drug-likeness (QED) is 0.840. The van der Waals surface area contributed by atoms with Gasteiger partial charge in [0.15, 0.2) is 0 Å². The van der Waals surface area contributed by atoms with E-state index in [1.807, 2.05) is 6.20 Å². The second-order valence-electron chi connectivity index (χ2n) is 3.89. The predicted octanol–water partition coefficient (Wildman–Crippen LogP) is 1.74. The Labute approximate surface area is 115 Å². The molecule has 6 heteroatoms. The molecule has 0 unspecified atom stereocenters. The van der Waals surface area contributed by atoms with Gasteiger partial charge in [-0.15, -0.1) is 0 Å². The largest absolute Gasteiger partial charge is 0.378 e. The maximum atomic E-state index is 5.33. The third-order valence-electron chi connectivity index (χ3n) is 2.57. The van der Waals surface area contributed by atoms with E-state index in [-0.39, 0.29) is 0 Å². The summed E-state index contributed by atoms with van der Waals surface area (Å²) in [6, 6.07) is 0. The number of aromatic nitrogens is 2. The highest BCUT2D eigenvalue weighted by Gasteiger charge is 2.15. The van der Waals surface area contributed by atoms with Gasteiger partial charge < -0.3 is 15.0 Å². The van der Waals surface area contributed by atoms with Crippen LogP contribution in [0.3, 0.4) is 0 Å². The molecule has 1 aromatic rings. The van der Waals surface area contributed by atoms with E-state index in [0.29, 0.717) is 0 Å². The van der Waals surface area contributed by atoms with E-state index < -0.39 is 0 Å². The lowest BCUT2D eigenvalue weighted by Gasteiger charge is -2.27. The second kappa shape index (κ2) is 6.34. The zero-order valence-electron chi connectivity index (χ0n) is 9.95. The van der Waals surface area contributed by atoms with E-state index in [0.717, 1.165) is 54.6 Å². The normalized spacial score (nSPS) is 16.0. The summed E-state index contributed by atoms with van der Waals surface area (Å²) in [5.41, 5.74) is 0. The molecule has 1 saturated heterocycles. The van der Waals surface area contributed by atoms with Crippen molar-refractivity contribution in [1.82, 2.24) is 9.97 Å². The molecule has 0 radical (unpaired) electrons. The molecular weight excluding hydrogens is 331 g/mol. The number of anilines is 2. The summed E-state index contributed by atoms with van der Waals surface area (Å²) in [4.78, 5) is 11.1. The molecule has 2 heterocycles. The highest BCUT2D eigenvalue weighted by atomic mass is 127. The van der Waals surface area contributed by atoms with Crippen LogP contribution in [0, 0.1) is 3.57 Å². The van der Waals surface area contributed by atoms with Gasteiger partial charge in [-0.2, -0.15) is 4.98 Å². The van der Waals surface area contributed by atoms with Gasteiger partial charge >= 0.3 is 0 Å². The third-order valence-corrected chi connectivity index (χ3v) is 3.36. The Kier molecular flexibility index (Phi) is 4.78. The maximum absolute atomic E-state index is 5.33. The fourth-order valence-corrected chi connectivity index (χ4v) is 2.09. The molecule has 1 fully saturated rings. The van der Waals surface area contributed by atoms with Crippen LogP contribution in [0.5, 0.6) is 0 Å². The Balaban J connectivity index is 2.11. The van der Waals surface area contributed by atoms with Crippen molar-refractivity contribution < 1.29 is 4.74 Å². The van der Waals surface area contributed by atoms with E-state index >= 15 is 0 Å². The standard InChI is InChI=1S/C11H17IN4O/c1-2-3-13-10-9(12)8-14-11(15-10)16-4-6-17-7-5-16/h8H,2-7H2,1H3,(H,13,14,15). The van der Waals surface area contributed by atoms with Gasteiger partial charge in [-0.25, -0.2) is 4.98 Å². The first-order valence-electron chi connectivity index (χ1n) is 5.90. The molecular formula is C11H17IN4O. The van der Waals surface area contributed by atoms with Gasteiger partial charge in [0, 0.05) is 25.8 Å². The van der Waals surface area contributed by atoms with E-state index in [2.05, 4.69) is 49.7 Å². The number of morpholine rings is 1. The molecule has 1 aliphatic rings.